The minimum atomic E-state index is -0.543. The zero-order valence-corrected chi connectivity index (χ0v) is 9.68. The first-order valence-corrected chi connectivity index (χ1v) is 5.53. The van der Waals surface area contributed by atoms with E-state index in [0.29, 0.717) is 17.0 Å². The third-order valence-electron chi connectivity index (χ3n) is 2.67. The maximum Gasteiger partial charge on any atom is 0.178 e. The molecule has 0 atom stereocenters. The Labute approximate surface area is 107 Å². The van der Waals surface area contributed by atoms with Gasteiger partial charge in [-0.15, -0.1) is 0 Å². The van der Waals surface area contributed by atoms with Gasteiger partial charge in [-0.1, -0.05) is 0 Å². The summed E-state index contributed by atoms with van der Waals surface area (Å²) in [6.45, 7) is 0. The quantitative estimate of drug-likeness (QED) is 0.736. The molecule has 2 N–H and O–H groups in total. The van der Waals surface area contributed by atoms with Crippen LogP contribution in [0.15, 0.2) is 36.5 Å². The lowest BCUT2D eigenvalue weighted by atomic mass is 10.2. The molecule has 0 amide bonds. The van der Waals surface area contributed by atoms with E-state index >= 15 is 0 Å². The van der Waals surface area contributed by atoms with Crippen LogP contribution in [0.5, 0.6) is 0 Å². The van der Waals surface area contributed by atoms with Crippen LogP contribution < -0.4 is 5.32 Å². The average Bonchev–Trinajstić information content (AvgIpc) is 2.84. The highest BCUT2D eigenvalue weighted by Gasteiger charge is 2.08. The Hall–Kier alpha value is -2.94. The van der Waals surface area contributed by atoms with Gasteiger partial charge >= 0.3 is 0 Å². The standard InChI is InChI=1S/C13H8FN5/c14-10-4-3-9(6-8(10)7-15)17-13-12-11(18-19-13)2-1-5-16-12/h1-6H,(H2,17,18,19). The van der Waals surface area contributed by atoms with Crippen LogP contribution >= 0.6 is 0 Å². The summed E-state index contributed by atoms with van der Waals surface area (Å²) in [5, 5.41) is 18.7. The van der Waals surface area contributed by atoms with Gasteiger partial charge in [0.1, 0.15) is 17.4 Å². The van der Waals surface area contributed by atoms with Crippen molar-refractivity contribution in [1.29, 1.82) is 5.26 Å². The normalized spacial score (nSPS) is 10.3. The summed E-state index contributed by atoms with van der Waals surface area (Å²) in [5.74, 6) is -0.0100. The second-order valence-electron chi connectivity index (χ2n) is 3.90. The number of aromatic amines is 1. The number of benzene rings is 1. The molecule has 92 valence electrons. The molecule has 0 saturated heterocycles. The van der Waals surface area contributed by atoms with E-state index in [0.717, 1.165) is 5.52 Å². The van der Waals surface area contributed by atoms with Crippen molar-refractivity contribution in [1.82, 2.24) is 15.2 Å². The van der Waals surface area contributed by atoms with Crippen LogP contribution in [0.25, 0.3) is 11.0 Å². The fourth-order valence-corrected chi connectivity index (χ4v) is 1.77. The van der Waals surface area contributed by atoms with Gasteiger partial charge in [0.25, 0.3) is 0 Å². The van der Waals surface area contributed by atoms with Gasteiger partial charge in [-0.25, -0.2) is 4.39 Å². The number of rotatable bonds is 2. The molecule has 0 aliphatic carbocycles. The molecule has 0 saturated carbocycles. The Kier molecular flexibility index (Phi) is 2.58. The summed E-state index contributed by atoms with van der Waals surface area (Å²) in [6, 6.07) is 9.66. The van der Waals surface area contributed by atoms with Gasteiger partial charge in [-0.2, -0.15) is 10.4 Å². The Bertz CT molecular complexity index is 787. The molecule has 6 heteroatoms. The number of nitrogens with one attached hydrogen (secondary N) is 2. The van der Waals surface area contributed by atoms with Gasteiger partial charge in [0.2, 0.25) is 0 Å². The van der Waals surface area contributed by atoms with Crippen molar-refractivity contribution < 1.29 is 4.39 Å². The predicted octanol–water partition coefficient (Wildman–Crippen LogP) is 2.71. The SMILES string of the molecule is N#Cc1cc(Nc2n[nH]c3cccnc23)ccc1F. The minimum absolute atomic E-state index is 0.0159. The maximum atomic E-state index is 13.2. The second kappa shape index (κ2) is 4.38. The van der Waals surface area contributed by atoms with E-state index in [2.05, 4.69) is 20.5 Å². The molecule has 0 unspecified atom stereocenters. The largest absolute Gasteiger partial charge is 0.337 e. The molecule has 2 heterocycles. The minimum Gasteiger partial charge on any atom is -0.337 e. The highest BCUT2D eigenvalue weighted by Crippen LogP contribution is 2.22. The lowest BCUT2D eigenvalue weighted by Crippen LogP contribution is -1.94. The van der Waals surface area contributed by atoms with E-state index in [1.165, 1.54) is 12.1 Å². The number of H-pyrrole nitrogens is 1. The molecule has 3 rings (SSSR count). The monoisotopic (exact) mass is 253 g/mol. The smallest absolute Gasteiger partial charge is 0.178 e. The molecule has 19 heavy (non-hydrogen) atoms. The number of nitriles is 1. The fraction of sp³-hybridized carbons (Fsp3) is 0. The predicted molar refractivity (Wildman–Crippen MR) is 68.3 cm³/mol. The Balaban J connectivity index is 2.00. The van der Waals surface area contributed by atoms with Gasteiger partial charge < -0.3 is 5.32 Å². The number of hydrogen-bond donors (Lipinski definition) is 2. The maximum absolute atomic E-state index is 13.2. The molecular formula is C13H8FN5. The third-order valence-corrected chi connectivity index (χ3v) is 2.67. The Morgan fingerprint density at radius 1 is 1.32 bits per heavy atom. The van der Waals surface area contributed by atoms with Crippen LogP contribution in [-0.2, 0) is 0 Å². The number of anilines is 2. The molecule has 0 radical (unpaired) electrons. The van der Waals surface area contributed by atoms with E-state index in [1.807, 2.05) is 6.07 Å². The number of nitrogens with zero attached hydrogens (tertiary/aromatic N) is 3. The van der Waals surface area contributed by atoms with Crippen molar-refractivity contribution in [2.75, 3.05) is 5.32 Å². The molecule has 0 aliphatic heterocycles. The Morgan fingerprint density at radius 2 is 2.21 bits per heavy atom. The molecule has 5 nitrogen and oxygen atoms in total. The first-order chi connectivity index (χ1) is 9.28. The molecule has 0 aliphatic rings. The first kappa shape index (κ1) is 11.2. The molecule has 0 fully saturated rings. The van der Waals surface area contributed by atoms with Crippen molar-refractivity contribution in [3.8, 4) is 6.07 Å². The lowest BCUT2D eigenvalue weighted by Gasteiger charge is -2.03. The van der Waals surface area contributed by atoms with E-state index < -0.39 is 5.82 Å². The van der Waals surface area contributed by atoms with E-state index in [4.69, 9.17) is 5.26 Å². The zero-order chi connectivity index (χ0) is 13.2. The van der Waals surface area contributed by atoms with Crippen LogP contribution in [0, 0.1) is 17.1 Å². The second-order valence-corrected chi connectivity index (χ2v) is 3.90. The van der Waals surface area contributed by atoms with Gasteiger partial charge in [0.05, 0.1) is 11.1 Å². The number of fused-ring (bicyclic) bond motifs is 1. The van der Waals surface area contributed by atoms with E-state index in [-0.39, 0.29) is 5.56 Å². The number of halogens is 1. The first-order valence-electron chi connectivity index (χ1n) is 5.53. The molecule has 0 bridgehead atoms. The van der Waals surface area contributed by atoms with Crippen LogP contribution in [0.3, 0.4) is 0 Å². The van der Waals surface area contributed by atoms with Gasteiger partial charge in [0.15, 0.2) is 5.82 Å². The molecular weight excluding hydrogens is 245 g/mol. The fourth-order valence-electron chi connectivity index (χ4n) is 1.77. The van der Waals surface area contributed by atoms with Crippen molar-refractivity contribution in [3.63, 3.8) is 0 Å². The summed E-state index contributed by atoms with van der Waals surface area (Å²) in [4.78, 5) is 4.20. The highest BCUT2D eigenvalue weighted by atomic mass is 19.1. The van der Waals surface area contributed by atoms with Crippen LogP contribution in [-0.4, -0.2) is 15.2 Å². The van der Waals surface area contributed by atoms with Gasteiger partial charge in [0, 0.05) is 11.9 Å². The molecule has 3 aromatic rings. The zero-order valence-electron chi connectivity index (χ0n) is 9.68. The highest BCUT2D eigenvalue weighted by molar-refractivity contribution is 5.87. The average molecular weight is 253 g/mol. The summed E-state index contributed by atoms with van der Waals surface area (Å²) < 4.78 is 13.2. The van der Waals surface area contributed by atoms with Crippen LogP contribution in [0.1, 0.15) is 5.56 Å². The molecule has 1 aromatic carbocycles. The van der Waals surface area contributed by atoms with E-state index in [1.54, 1.807) is 24.4 Å². The number of hydrogen-bond acceptors (Lipinski definition) is 4. The van der Waals surface area contributed by atoms with Gasteiger partial charge in [-0.05, 0) is 30.3 Å². The van der Waals surface area contributed by atoms with Crippen molar-refractivity contribution in [2.45, 2.75) is 0 Å². The van der Waals surface area contributed by atoms with Crippen LogP contribution in [0.4, 0.5) is 15.9 Å². The molecule has 0 spiro atoms. The van der Waals surface area contributed by atoms with Crippen LogP contribution in [0.2, 0.25) is 0 Å². The van der Waals surface area contributed by atoms with Gasteiger partial charge in [-0.3, -0.25) is 10.1 Å². The lowest BCUT2D eigenvalue weighted by molar-refractivity contribution is 0.624. The van der Waals surface area contributed by atoms with E-state index in [9.17, 15) is 4.39 Å². The summed E-state index contributed by atoms with van der Waals surface area (Å²) in [5.41, 5.74) is 2.05. The van der Waals surface area contributed by atoms with Crippen molar-refractivity contribution >= 4 is 22.5 Å². The Morgan fingerprint density at radius 3 is 3.05 bits per heavy atom. The number of aromatic nitrogens is 3. The molecule has 2 aromatic heterocycles. The number of pyridine rings is 1. The van der Waals surface area contributed by atoms with Crippen molar-refractivity contribution in [2.24, 2.45) is 0 Å². The summed E-state index contributed by atoms with van der Waals surface area (Å²) in [7, 11) is 0. The summed E-state index contributed by atoms with van der Waals surface area (Å²) >= 11 is 0. The summed E-state index contributed by atoms with van der Waals surface area (Å²) in [6.07, 6.45) is 1.66. The van der Waals surface area contributed by atoms with Crippen molar-refractivity contribution in [3.05, 3.63) is 47.9 Å². The third kappa shape index (κ3) is 1.98. The topological polar surface area (TPSA) is 77.4 Å².